The standard InChI is InChI=1S/C31H30N4O4S/c1-3-20-8-4-5-9-23(20)33-27(36)15-17-35-29(28(34-31(35)40)24-10-6-7-16-32-24)26-14-13-25(39-26)22-12-11-21(30(37)38)18-19(22)2/h4-14,16,18,28-29H,3,15,17H2,1-2H3,(H,33,36)(H,34,40)(H,37,38). The van der Waals surface area contributed by atoms with Crippen molar-refractivity contribution in [3.8, 4) is 11.3 Å². The monoisotopic (exact) mass is 554 g/mol. The highest BCUT2D eigenvalue weighted by atomic mass is 32.1. The number of pyridine rings is 1. The Labute approximate surface area is 238 Å². The molecule has 3 N–H and O–H groups in total. The number of carbonyl (C=O) groups is 2. The van der Waals surface area contributed by atoms with Crippen molar-refractivity contribution in [2.75, 3.05) is 11.9 Å². The van der Waals surface area contributed by atoms with Crippen molar-refractivity contribution in [1.29, 1.82) is 0 Å². The molecule has 5 rings (SSSR count). The molecule has 40 heavy (non-hydrogen) atoms. The summed E-state index contributed by atoms with van der Waals surface area (Å²) in [4.78, 5) is 30.9. The Morgan fingerprint density at radius 3 is 2.62 bits per heavy atom. The Morgan fingerprint density at radius 2 is 1.90 bits per heavy atom. The van der Waals surface area contributed by atoms with Crippen LogP contribution in [-0.2, 0) is 11.2 Å². The van der Waals surface area contributed by atoms with E-state index >= 15 is 0 Å². The molecular weight excluding hydrogens is 524 g/mol. The zero-order chi connectivity index (χ0) is 28.2. The number of anilines is 1. The summed E-state index contributed by atoms with van der Waals surface area (Å²) in [6.07, 6.45) is 2.79. The maximum absolute atomic E-state index is 13.0. The summed E-state index contributed by atoms with van der Waals surface area (Å²) >= 11 is 5.73. The van der Waals surface area contributed by atoms with E-state index in [2.05, 4.69) is 22.5 Å². The lowest BCUT2D eigenvalue weighted by molar-refractivity contribution is -0.116. The molecule has 1 amide bonds. The fourth-order valence-electron chi connectivity index (χ4n) is 5.07. The molecular formula is C31H30N4O4S. The first-order valence-corrected chi connectivity index (χ1v) is 13.6. The summed E-state index contributed by atoms with van der Waals surface area (Å²) in [7, 11) is 0. The van der Waals surface area contributed by atoms with Gasteiger partial charge in [-0.15, -0.1) is 0 Å². The lowest BCUT2D eigenvalue weighted by Gasteiger charge is -2.26. The molecule has 0 bridgehead atoms. The number of carboxylic acid groups (broad SMARTS) is 1. The van der Waals surface area contributed by atoms with Gasteiger partial charge in [0.2, 0.25) is 5.91 Å². The molecule has 0 radical (unpaired) electrons. The first-order chi connectivity index (χ1) is 19.4. The number of rotatable bonds is 9. The van der Waals surface area contributed by atoms with E-state index in [4.69, 9.17) is 16.6 Å². The van der Waals surface area contributed by atoms with Crippen LogP contribution in [0.15, 0.2) is 83.4 Å². The number of benzene rings is 2. The van der Waals surface area contributed by atoms with Gasteiger partial charge in [-0.25, -0.2) is 4.79 Å². The minimum absolute atomic E-state index is 0.0991. The topological polar surface area (TPSA) is 108 Å². The van der Waals surface area contributed by atoms with Gasteiger partial charge in [0, 0.05) is 30.4 Å². The number of amides is 1. The number of thiocarbonyl (C=S) groups is 1. The first kappa shape index (κ1) is 27.1. The SMILES string of the molecule is CCc1ccccc1NC(=O)CCN1C(=S)NC(c2ccccn2)C1c1ccc(-c2ccc(C(=O)O)cc2C)o1. The Hall–Kier alpha value is -4.50. The molecule has 1 saturated heterocycles. The van der Waals surface area contributed by atoms with Crippen molar-refractivity contribution in [2.45, 2.75) is 38.8 Å². The highest BCUT2D eigenvalue weighted by Crippen LogP contribution is 2.41. The van der Waals surface area contributed by atoms with Crippen molar-refractivity contribution in [3.63, 3.8) is 0 Å². The average molecular weight is 555 g/mol. The number of hydrogen-bond donors (Lipinski definition) is 3. The molecule has 204 valence electrons. The van der Waals surface area contributed by atoms with E-state index in [1.807, 2.05) is 66.4 Å². The largest absolute Gasteiger partial charge is 0.478 e. The number of furan rings is 1. The van der Waals surface area contributed by atoms with Crippen LogP contribution in [0.3, 0.4) is 0 Å². The van der Waals surface area contributed by atoms with Gasteiger partial charge in [0.1, 0.15) is 17.6 Å². The lowest BCUT2D eigenvalue weighted by Crippen LogP contribution is -2.32. The fraction of sp³-hybridized carbons (Fsp3) is 0.226. The number of hydrogen-bond acceptors (Lipinski definition) is 5. The molecule has 2 aromatic carbocycles. The Balaban J connectivity index is 1.41. The van der Waals surface area contributed by atoms with Gasteiger partial charge in [-0.1, -0.05) is 37.3 Å². The number of carbonyl (C=O) groups excluding carboxylic acids is 1. The molecule has 0 saturated carbocycles. The third-order valence-electron chi connectivity index (χ3n) is 7.11. The van der Waals surface area contributed by atoms with E-state index in [1.165, 1.54) is 0 Å². The van der Waals surface area contributed by atoms with Crippen LogP contribution in [0.25, 0.3) is 11.3 Å². The van der Waals surface area contributed by atoms with Crippen LogP contribution in [0.1, 0.15) is 58.4 Å². The van der Waals surface area contributed by atoms with Gasteiger partial charge >= 0.3 is 5.97 Å². The van der Waals surface area contributed by atoms with Crippen molar-refractivity contribution < 1.29 is 19.1 Å². The molecule has 1 aliphatic rings. The number of carboxylic acids is 1. The van der Waals surface area contributed by atoms with Crippen LogP contribution >= 0.6 is 12.2 Å². The molecule has 0 aliphatic carbocycles. The molecule has 0 spiro atoms. The predicted molar refractivity (Wildman–Crippen MR) is 157 cm³/mol. The molecule has 3 heterocycles. The minimum atomic E-state index is -0.976. The smallest absolute Gasteiger partial charge is 0.335 e. The molecule has 1 fully saturated rings. The molecule has 9 heteroatoms. The number of nitrogens with one attached hydrogen (secondary N) is 2. The second-order valence-corrected chi connectivity index (χ2v) is 10.1. The van der Waals surface area contributed by atoms with Crippen molar-refractivity contribution in [2.24, 2.45) is 0 Å². The molecule has 1 aliphatic heterocycles. The van der Waals surface area contributed by atoms with Gasteiger partial charge in [0.15, 0.2) is 5.11 Å². The summed E-state index contributed by atoms with van der Waals surface area (Å²) in [5.74, 6) is 0.210. The third kappa shape index (κ3) is 5.60. The van der Waals surface area contributed by atoms with Crippen molar-refractivity contribution in [1.82, 2.24) is 15.2 Å². The van der Waals surface area contributed by atoms with Crippen LogP contribution < -0.4 is 10.6 Å². The van der Waals surface area contributed by atoms with Crippen LogP contribution in [0, 0.1) is 6.92 Å². The average Bonchev–Trinajstić information content (AvgIpc) is 3.56. The summed E-state index contributed by atoms with van der Waals surface area (Å²) in [5.41, 5.74) is 4.53. The number of aromatic carboxylic acids is 1. The Kier molecular flexibility index (Phi) is 7.93. The van der Waals surface area contributed by atoms with E-state index in [0.29, 0.717) is 23.2 Å². The predicted octanol–water partition coefficient (Wildman–Crippen LogP) is 5.91. The quantitative estimate of drug-likeness (QED) is 0.219. The zero-order valence-electron chi connectivity index (χ0n) is 22.3. The van der Waals surface area contributed by atoms with Crippen LogP contribution in [-0.4, -0.2) is 38.5 Å². The van der Waals surface area contributed by atoms with Crippen molar-refractivity contribution in [3.05, 3.63) is 107 Å². The number of aryl methyl sites for hydroxylation is 2. The number of aromatic nitrogens is 1. The van der Waals surface area contributed by atoms with Gasteiger partial charge in [-0.3, -0.25) is 9.78 Å². The first-order valence-electron chi connectivity index (χ1n) is 13.2. The maximum atomic E-state index is 13.0. The zero-order valence-corrected chi connectivity index (χ0v) is 23.1. The van der Waals surface area contributed by atoms with Gasteiger partial charge < -0.3 is 25.1 Å². The molecule has 8 nitrogen and oxygen atoms in total. The second kappa shape index (κ2) is 11.7. The molecule has 2 unspecified atom stereocenters. The molecule has 2 atom stereocenters. The summed E-state index contributed by atoms with van der Waals surface area (Å²) in [5, 5.41) is 16.3. The fourth-order valence-corrected chi connectivity index (χ4v) is 5.40. The van der Waals surface area contributed by atoms with Crippen LogP contribution in [0.2, 0.25) is 0 Å². The summed E-state index contributed by atoms with van der Waals surface area (Å²) in [6.45, 7) is 4.29. The molecule has 2 aromatic heterocycles. The van der Waals surface area contributed by atoms with E-state index in [-0.39, 0.29) is 30.0 Å². The van der Waals surface area contributed by atoms with E-state index in [0.717, 1.165) is 34.5 Å². The summed E-state index contributed by atoms with van der Waals surface area (Å²) < 4.78 is 6.38. The van der Waals surface area contributed by atoms with Crippen molar-refractivity contribution >= 4 is 34.9 Å². The van der Waals surface area contributed by atoms with Gasteiger partial charge in [-0.2, -0.15) is 0 Å². The Morgan fingerprint density at radius 1 is 1.10 bits per heavy atom. The van der Waals surface area contributed by atoms with E-state index in [9.17, 15) is 14.7 Å². The van der Waals surface area contributed by atoms with E-state index < -0.39 is 5.97 Å². The highest BCUT2D eigenvalue weighted by Gasteiger charge is 2.41. The third-order valence-corrected chi connectivity index (χ3v) is 7.46. The molecule has 4 aromatic rings. The highest BCUT2D eigenvalue weighted by molar-refractivity contribution is 7.80. The second-order valence-electron chi connectivity index (χ2n) is 9.67. The maximum Gasteiger partial charge on any atom is 0.335 e. The number of nitrogens with zero attached hydrogens (tertiary/aromatic N) is 2. The minimum Gasteiger partial charge on any atom is -0.478 e. The Bertz CT molecular complexity index is 1550. The lowest BCUT2D eigenvalue weighted by atomic mass is 10.0. The van der Waals surface area contributed by atoms with Gasteiger partial charge in [0.05, 0.1) is 17.3 Å². The van der Waals surface area contributed by atoms with E-state index in [1.54, 1.807) is 24.4 Å². The summed E-state index contributed by atoms with van der Waals surface area (Å²) in [6, 6.07) is 21.6. The normalized spacial score (nSPS) is 16.6. The van der Waals surface area contributed by atoms with Gasteiger partial charge in [0.25, 0.3) is 0 Å². The van der Waals surface area contributed by atoms with Crippen LogP contribution in [0.5, 0.6) is 0 Å². The van der Waals surface area contributed by atoms with Gasteiger partial charge in [-0.05, 0) is 79.2 Å². The van der Waals surface area contributed by atoms with Crippen LogP contribution in [0.4, 0.5) is 5.69 Å². The number of para-hydroxylation sites is 1.